The summed E-state index contributed by atoms with van der Waals surface area (Å²) in [6.07, 6.45) is 1.73. The molecular weight excluding hydrogens is 241 g/mol. The second-order valence-corrected chi connectivity index (χ2v) is 4.58. The molecule has 19 heavy (non-hydrogen) atoms. The Bertz CT molecular complexity index is 731. The Balaban J connectivity index is 2.33. The molecule has 3 nitrogen and oxygen atoms in total. The van der Waals surface area contributed by atoms with Gasteiger partial charge in [-0.3, -0.25) is 0 Å². The summed E-state index contributed by atoms with van der Waals surface area (Å²) >= 11 is 0. The van der Waals surface area contributed by atoms with Gasteiger partial charge >= 0.3 is 0 Å². The second kappa shape index (κ2) is 4.48. The number of fused-ring (bicyclic) bond motifs is 1. The minimum absolute atomic E-state index is 0.256. The lowest BCUT2D eigenvalue weighted by atomic mass is 10.1. The summed E-state index contributed by atoms with van der Waals surface area (Å²) < 4.78 is 15.8. The van der Waals surface area contributed by atoms with E-state index in [1.54, 1.807) is 16.9 Å². The van der Waals surface area contributed by atoms with E-state index in [1.807, 2.05) is 37.3 Å². The van der Waals surface area contributed by atoms with Crippen LogP contribution in [0.1, 0.15) is 18.5 Å². The fourth-order valence-electron chi connectivity index (χ4n) is 2.27. The monoisotopic (exact) mass is 255 g/mol. The van der Waals surface area contributed by atoms with Crippen molar-refractivity contribution in [3.05, 3.63) is 60.0 Å². The fourth-order valence-corrected chi connectivity index (χ4v) is 2.27. The molecule has 2 aromatic carbocycles. The fraction of sp³-hybridized carbons (Fsp3) is 0.133. The van der Waals surface area contributed by atoms with Gasteiger partial charge in [0.05, 0.1) is 11.7 Å². The van der Waals surface area contributed by atoms with Crippen molar-refractivity contribution in [1.82, 2.24) is 9.78 Å². The minimum atomic E-state index is -0.316. The van der Waals surface area contributed by atoms with Crippen LogP contribution in [0.2, 0.25) is 0 Å². The lowest BCUT2D eigenvalue weighted by Gasteiger charge is -2.14. The number of hydrogen-bond acceptors (Lipinski definition) is 2. The SMILES string of the molecule is C[C@@H](N)c1cccc(F)c1-n1ncc2ccccc21. The van der Waals surface area contributed by atoms with Crippen molar-refractivity contribution < 1.29 is 4.39 Å². The molecule has 0 amide bonds. The predicted molar refractivity (Wildman–Crippen MR) is 73.6 cm³/mol. The summed E-state index contributed by atoms with van der Waals surface area (Å²) in [5, 5.41) is 5.26. The minimum Gasteiger partial charge on any atom is -0.324 e. The molecule has 96 valence electrons. The van der Waals surface area contributed by atoms with Gasteiger partial charge < -0.3 is 5.73 Å². The molecule has 0 saturated carbocycles. The molecule has 1 heterocycles. The molecular formula is C15H14FN3. The number of hydrogen-bond donors (Lipinski definition) is 1. The van der Waals surface area contributed by atoms with Gasteiger partial charge in [-0.05, 0) is 24.6 Å². The molecule has 1 atom stereocenters. The van der Waals surface area contributed by atoms with E-state index in [0.29, 0.717) is 5.69 Å². The van der Waals surface area contributed by atoms with Crippen LogP contribution in [0.5, 0.6) is 0 Å². The molecule has 3 aromatic rings. The summed E-state index contributed by atoms with van der Waals surface area (Å²) in [5.74, 6) is -0.316. The summed E-state index contributed by atoms with van der Waals surface area (Å²) in [7, 11) is 0. The van der Waals surface area contributed by atoms with Crippen molar-refractivity contribution in [2.75, 3.05) is 0 Å². The van der Waals surface area contributed by atoms with Crippen LogP contribution in [-0.2, 0) is 0 Å². The zero-order valence-electron chi connectivity index (χ0n) is 10.5. The van der Waals surface area contributed by atoms with Crippen molar-refractivity contribution in [2.24, 2.45) is 5.73 Å². The van der Waals surface area contributed by atoms with Crippen LogP contribution < -0.4 is 5.73 Å². The van der Waals surface area contributed by atoms with Gasteiger partial charge in [0.1, 0.15) is 11.5 Å². The quantitative estimate of drug-likeness (QED) is 0.764. The molecule has 0 aliphatic rings. The van der Waals surface area contributed by atoms with E-state index < -0.39 is 0 Å². The molecule has 0 saturated heterocycles. The van der Waals surface area contributed by atoms with E-state index in [-0.39, 0.29) is 11.9 Å². The standard InChI is InChI=1S/C15H14FN3/c1-10(17)12-6-4-7-13(16)15(12)19-14-8-3-2-5-11(14)9-18-19/h2-10H,17H2,1H3/t10-/m1/s1. The Kier molecular flexibility index (Phi) is 2.80. The Hall–Kier alpha value is -2.20. The molecule has 0 spiro atoms. The number of benzene rings is 2. The predicted octanol–water partition coefficient (Wildman–Crippen LogP) is 3.18. The Morgan fingerprint density at radius 2 is 1.95 bits per heavy atom. The largest absolute Gasteiger partial charge is 0.324 e. The molecule has 0 aliphatic carbocycles. The number of aromatic nitrogens is 2. The van der Waals surface area contributed by atoms with Crippen molar-refractivity contribution in [2.45, 2.75) is 13.0 Å². The molecule has 0 unspecified atom stereocenters. The van der Waals surface area contributed by atoms with E-state index in [4.69, 9.17) is 5.73 Å². The molecule has 2 N–H and O–H groups in total. The third-order valence-electron chi connectivity index (χ3n) is 3.20. The number of nitrogens with zero attached hydrogens (tertiary/aromatic N) is 2. The van der Waals surface area contributed by atoms with Crippen LogP contribution in [0.4, 0.5) is 4.39 Å². The van der Waals surface area contributed by atoms with Crippen LogP contribution in [0.15, 0.2) is 48.7 Å². The lowest BCUT2D eigenvalue weighted by Crippen LogP contribution is -2.12. The Morgan fingerprint density at radius 3 is 2.74 bits per heavy atom. The molecule has 0 aliphatic heterocycles. The number of para-hydroxylation sites is 2. The molecule has 0 bridgehead atoms. The van der Waals surface area contributed by atoms with Crippen LogP contribution in [0.3, 0.4) is 0 Å². The highest BCUT2D eigenvalue weighted by Gasteiger charge is 2.15. The summed E-state index contributed by atoms with van der Waals surface area (Å²) in [6, 6.07) is 12.4. The summed E-state index contributed by atoms with van der Waals surface area (Å²) in [4.78, 5) is 0. The molecule has 1 aromatic heterocycles. The zero-order chi connectivity index (χ0) is 13.4. The van der Waals surface area contributed by atoms with Gasteiger partial charge in [0.15, 0.2) is 0 Å². The third-order valence-corrected chi connectivity index (χ3v) is 3.20. The van der Waals surface area contributed by atoms with Gasteiger partial charge in [0.25, 0.3) is 0 Å². The van der Waals surface area contributed by atoms with Crippen LogP contribution >= 0.6 is 0 Å². The average Bonchev–Trinajstić information content (AvgIpc) is 2.82. The second-order valence-electron chi connectivity index (χ2n) is 4.58. The van der Waals surface area contributed by atoms with Crippen LogP contribution in [0, 0.1) is 5.82 Å². The zero-order valence-corrected chi connectivity index (χ0v) is 10.5. The van der Waals surface area contributed by atoms with Gasteiger partial charge in [-0.15, -0.1) is 0 Å². The highest BCUT2D eigenvalue weighted by Crippen LogP contribution is 2.26. The molecule has 0 radical (unpaired) electrons. The highest BCUT2D eigenvalue weighted by atomic mass is 19.1. The van der Waals surface area contributed by atoms with E-state index in [0.717, 1.165) is 16.5 Å². The smallest absolute Gasteiger partial charge is 0.149 e. The van der Waals surface area contributed by atoms with Crippen molar-refractivity contribution in [3.8, 4) is 5.69 Å². The normalized spacial score (nSPS) is 12.8. The maximum absolute atomic E-state index is 14.2. The highest BCUT2D eigenvalue weighted by molar-refractivity contribution is 5.80. The van der Waals surface area contributed by atoms with Crippen molar-refractivity contribution in [3.63, 3.8) is 0 Å². The van der Waals surface area contributed by atoms with E-state index in [1.165, 1.54) is 6.07 Å². The van der Waals surface area contributed by atoms with Gasteiger partial charge in [-0.1, -0.05) is 30.3 Å². The summed E-state index contributed by atoms with van der Waals surface area (Å²) in [6.45, 7) is 1.84. The number of nitrogens with two attached hydrogens (primary N) is 1. The first kappa shape index (κ1) is 11.9. The Labute approximate surface area is 110 Å². The first-order valence-corrected chi connectivity index (χ1v) is 6.15. The maximum Gasteiger partial charge on any atom is 0.149 e. The molecule has 0 fully saturated rings. The van der Waals surface area contributed by atoms with Crippen LogP contribution in [-0.4, -0.2) is 9.78 Å². The summed E-state index contributed by atoms with van der Waals surface area (Å²) in [5.41, 5.74) is 7.97. The Morgan fingerprint density at radius 1 is 1.16 bits per heavy atom. The van der Waals surface area contributed by atoms with Crippen molar-refractivity contribution in [1.29, 1.82) is 0 Å². The molecule has 4 heteroatoms. The molecule has 3 rings (SSSR count). The average molecular weight is 255 g/mol. The lowest BCUT2D eigenvalue weighted by molar-refractivity contribution is 0.605. The van der Waals surface area contributed by atoms with Gasteiger partial charge in [-0.2, -0.15) is 5.10 Å². The van der Waals surface area contributed by atoms with Gasteiger partial charge in [0.2, 0.25) is 0 Å². The maximum atomic E-state index is 14.2. The topological polar surface area (TPSA) is 43.8 Å². The van der Waals surface area contributed by atoms with Crippen LogP contribution in [0.25, 0.3) is 16.6 Å². The van der Waals surface area contributed by atoms with E-state index in [2.05, 4.69) is 5.10 Å². The third kappa shape index (κ3) is 1.90. The first-order chi connectivity index (χ1) is 9.18. The van der Waals surface area contributed by atoms with Gasteiger partial charge in [0, 0.05) is 11.4 Å². The van der Waals surface area contributed by atoms with Crippen molar-refractivity contribution >= 4 is 10.9 Å². The number of halogens is 1. The van der Waals surface area contributed by atoms with E-state index in [9.17, 15) is 4.39 Å². The van der Waals surface area contributed by atoms with E-state index >= 15 is 0 Å². The van der Waals surface area contributed by atoms with Gasteiger partial charge in [-0.25, -0.2) is 9.07 Å². The first-order valence-electron chi connectivity index (χ1n) is 6.15. The number of rotatable bonds is 2.